The molecule has 7 heavy (non-hydrogen) atoms. The highest BCUT2D eigenvalue weighted by molar-refractivity contribution is 4.78. The predicted molar refractivity (Wildman–Crippen MR) is 16.1 cm³/mol. The zero-order chi connectivity index (χ0) is 6.08. The molecule has 0 rings (SSSR count). The summed E-state index contributed by atoms with van der Waals surface area (Å²) >= 11 is 0. The lowest BCUT2D eigenvalue weighted by Gasteiger charge is -1.89. The molecule has 0 N–H and O–H groups in total. The maximum Gasteiger partial charge on any atom is 0.592 e. The quantitative estimate of drug-likeness (QED) is 0.335. The van der Waals surface area contributed by atoms with E-state index in [9.17, 15) is 17.6 Å². The third-order valence-corrected chi connectivity index (χ3v) is 0.391. The molecule has 0 aromatic carbocycles. The van der Waals surface area contributed by atoms with Crippen LogP contribution in [0.25, 0.3) is 0 Å². The highest BCUT2D eigenvalue weighted by atomic mass is 19.4. The zero-order valence-electron chi connectivity index (χ0n) is 3.51. The normalized spacial score (nSPS) is 11.6. The molecule has 0 fully saturated rings. The Hall–Kier alpha value is -0.410. The number of hydrogen-bond acceptors (Lipinski definition) is 0. The van der Waals surface area contributed by atoms with Crippen molar-refractivity contribution in [2.24, 2.45) is 0 Å². The van der Waals surface area contributed by atoms with Gasteiger partial charge in [-0.25, -0.2) is 0 Å². The average Bonchev–Trinajstić information content (AvgIpc) is 1.31. The van der Waals surface area contributed by atoms with E-state index in [4.69, 9.17) is 0 Å². The van der Waals surface area contributed by atoms with Gasteiger partial charge < -0.3 is 0 Å². The topological polar surface area (TPSA) is 0 Å². The molecule has 0 spiro atoms. The molecule has 0 radical (unpaired) electrons. The van der Waals surface area contributed by atoms with Crippen LogP contribution in [0.1, 0.15) is 6.92 Å². The highest BCUT2D eigenvalue weighted by Crippen LogP contribution is 2.27. The van der Waals surface area contributed by atoms with Gasteiger partial charge in [-0.1, -0.05) is 0 Å². The number of halogens is 4. The third kappa shape index (κ3) is 2.31. The van der Waals surface area contributed by atoms with Crippen molar-refractivity contribution in [3.63, 3.8) is 0 Å². The Morgan fingerprint density at radius 3 is 1.43 bits per heavy atom. The Bertz CT molecular complexity index is 52.4. The fraction of sp³-hybridized carbons (Fsp3) is 0.667. The second-order valence-corrected chi connectivity index (χ2v) is 1.03. The van der Waals surface area contributed by atoms with Crippen molar-refractivity contribution in [2.45, 2.75) is 13.1 Å². The van der Waals surface area contributed by atoms with Crippen LogP contribution in [0.4, 0.5) is 17.6 Å². The second-order valence-electron chi connectivity index (χ2n) is 1.03. The summed E-state index contributed by atoms with van der Waals surface area (Å²) in [5.74, 6) is 0. The largest absolute Gasteiger partial charge is 0.592 e. The molecular formula is C3H3F4+. The van der Waals surface area contributed by atoms with Crippen LogP contribution in [0.15, 0.2) is 0 Å². The van der Waals surface area contributed by atoms with Crippen LogP contribution < -0.4 is 0 Å². The van der Waals surface area contributed by atoms with Crippen LogP contribution in [0.5, 0.6) is 0 Å². The van der Waals surface area contributed by atoms with Crippen LogP contribution in [0, 0.1) is 6.17 Å². The van der Waals surface area contributed by atoms with Gasteiger partial charge in [-0.3, -0.25) is 0 Å². The van der Waals surface area contributed by atoms with Crippen LogP contribution in [0.3, 0.4) is 0 Å². The molecule has 4 heteroatoms. The molecule has 0 nitrogen and oxygen atoms in total. The van der Waals surface area contributed by atoms with Crippen LogP contribution in [-0.4, -0.2) is 6.18 Å². The molecule has 0 amide bonds. The number of alkyl halides is 3. The van der Waals surface area contributed by atoms with Gasteiger partial charge in [0.25, 0.3) is 0 Å². The van der Waals surface area contributed by atoms with Crippen LogP contribution >= 0.6 is 0 Å². The van der Waals surface area contributed by atoms with E-state index in [1.807, 2.05) is 0 Å². The molecular weight excluding hydrogens is 112 g/mol. The third-order valence-electron chi connectivity index (χ3n) is 0.391. The van der Waals surface area contributed by atoms with E-state index in [0.717, 1.165) is 0 Å². The van der Waals surface area contributed by atoms with E-state index in [1.54, 1.807) is 0 Å². The predicted octanol–water partition coefficient (Wildman–Crippen LogP) is 2.07. The monoisotopic (exact) mass is 115 g/mol. The Kier molecular flexibility index (Phi) is 1.50. The van der Waals surface area contributed by atoms with E-state index in [-0.39, 0.29) is 0 Å². The van der Waals surface area contributed by atoms with Gasteiger partial charge in [-0.15, -0.1) is 13.2 Å². The average molecular weight is 115 g/mol. The molecule has 0 bridgehead atoms. The summed E-state index contributed by atoms with van der Waals surface area (Å²) in [5.41, 5.74) is 0. The fourth-order valence-electron chi connectivity index (χ4n) is 0. The van der Waals surface area contributed by atoms with Crippen molar-refractivity contribution in [2.75, 3.05) is 0 Å². The molecule has 0 saturated carbocycles. The van der Waals surface area contributed by atoms with Gasteiger partial charge in [0.15, 0.2) is 0 Å². The number of rotatable bonds is 0. The number of hydrogen-bond donors (Lipinski definition) is 0. The van der Waals surface area contributed by atoms with E-state index >= 15 is 0 Å². The molecule has 0 atom stereocenters. The molecule has 0 aromatic heterocycles. The summed E-state index contributed by atoms with van der Waals surface area (Å²) < 4.78 is 43.3. The molecule has 0 aromatic rings. The molecule has 0 aliphatic carbocycles. The molecule has 42 valence electrons. The summed E-state index contributed by atoms with van der Waals surface area (Å²) in [6.07, 6.45) is -6.76. The van der Waals surface area contributed by atoms with Gasteiger partial charge in [0, 0.05) is 4.39 Å². The van der Waals surface area contributed by atoms with E-state index in [2.05, 4.69) is 0 Å². The first-order valence-corrected chi connectivity index (χ1v) is 1.51. The minimum absolute atomic E-state index is 0.375. The van der Waals surface area contributed by atoms with Crippen molar-refractivity contribution >= 4 is 0 Å². The molecule has 0 unspecified atom stereocenters. The SMILES string of the molecule is C[C+](F)C(F)(F)F. The Balaban J connectivity index is 3.54. The first-order valence-electron chi connectivity index (χ1n) is 1.51. The lowest BCUT2D eigenvalue weighted by atomic mass is 10.4. The smallest absolute Gasteiger partial charge is 0.124 e. The minimum Gasteiger partial charge on any atom is -0.124 e. The maximum atomic E-state index is 11.0. The maximum absolute atomic E-state index is 11.0. The Morgan fingerprint density at radius 2 is 1.43 bits per heavy atom. The van der Waals surface area contributed by atoms with Crippen molar-refractivity contribution < 1.29 is 17.6 Å². The van der Waals surface area contributed by atoms with Crippen molar-refractivity contribution in [3.8, 4) is 0 Å². The first-order chi connectivity index (χ1) is 2.94. The zero-order valence-corrected chi connectivity index (χ0v) is 3.51. The van der Waals surface area contributed by atoms with Crippen LogP contribution in [-0.2, 0) is 0 Å². The van der Waals surface area contributed by atoms with Crippen LogP contribution in [0.2, 0.25) is 0 Å². The minimum atomic E-state index is -4.75. The summed E-state index contributed by atoms with van der Waals surface area (Å²) in [4.78, 5) is 0. The summed E-state index contributed by atoms with van der Waals surface area (Å²) in [5, 5.41) is 0. The summed E-state index contributed by atoms with van der Waals surface area (Å²) in [6, 6.07) is 0. The lowest BCUT2D eigenvalue weighted by molar-refractivity contribution is -0.135. The van der Waals surface area contributed by atoms with E-state index in [1.165, 1.54) is 0 Å². The van der Waals surface area contributed by atoms with E-state index < -0.39 is 12.3 Å². The van der Waals surface area contributed by atoms with Gasteiger partial charge in [-0.2, -0.15) is 0 Å². The Morgan fingerprint density at radius 1 is 1.29 bits per heavy atom. The summed E-state index contributed by atoms with van der Waals surface area (Å²) in [6.45, 7) is 0.375. The molecule has 0 aliphatic heterocycles. The molecule has 0 aliphatic rings. The highest BCUT2D eigenvalue weighted by Gasteiger charge is 2.51. The Labute approximate surface area is 38.1 Å². The fourth-order valence-corrected chi connectivity index (χ4v) is 0. The van der Waals surface area contributed by atoms with Gasteiger partial charge in [0.1, 0.15) is 6.92 Å². The van der Waals surface area contributed by atoms with Gasteiger partial charge in [0.2, 0.25) is 0 Å². The first kappa shape index (κ1) is 6.59. The van der Waals surface area contributed by atoms with Gasteiger partial charge in [0.05, 0.1) is 0 Å². The molecule has 0 saturated heterocycles. The summed E-state index contributed by atoms with van der Waals surface area (Å²) in [7, 11) is 0. The van der Waals surface area contributed by atoms with E-state index in [0.29, 0.717) is 6.92 Å². The standard InChI is InChI=1S/C3H3F4/c1-2(4)3(5,6)7/h1H3/q+1. The van der Waals surface area contributed by atoms with Crippen molar-refractivity contribution in [3.05, 3.63) is 6.17 Å². The lowest BCUT2D eigenvalue weighted by Crippen LogP contribution is -2.12. The van der Waals surface area contributed by atoms with Crippen molar-refractivity contribution in [1.29, 1.82) is 0 Å². The van der Waals surface area contributed by atoms with Gasteiger partial charge in [-0.05, 0) is 0 Å². The van der Waals surface area contributed by atoms with Gasteiger partial charge >= 0.3 is 12.3 Å². The van der Waals surface area contributed by atoms with Crippen molar-refractivity contribution in [1.82, 2.24) is 0 Å². The second kappa shape index (κ2) is 1.60. The molecule has 0 heterocycles.